The Balaban J connectivity index is 1.80. The Bertz CT molecular complexity index is 465. The van der Waals surface area contributed by atoms with Crippen LogP contribution >= 0.6 is 0 Å². The molecule has 19 heavy (non-hydrogen) atoms. The third-order valence-electron chi connectivity index (χ3n) is 2.99. The zero-order valence-electron chi connectivity index (χ0n) is 10.7. The zero-order valence-corrected chi connectivity index (χ0v) is 10.7. The average Bonchev–Trinajstić information content (AvgIpc) is 2.94. The molecule has 2 heterocycles. The van der Waals surface area contributed by atoms with E-state index in [1.807, 2.05) is 13.0 Å². The summed E-state index contributed by atoms with van der Waals surface area (Å²) in [6.45, 7) is 1.67. The monoisotopic (exact) mass is 264 g/mol. The summed E-state index contributed by atoms with van der Waals surface area (Å²) in [6, 6.07) is 1.74. The molecule has 1 aromatic heterocycles. The molecule has 102 valence electrons. The van der Waals surface area contributed by atoms with Gasteiger partial charge in [0.15, 0.2) is 0 Å². The lowest BCUT2D eigenvalue weighted by Crippen LogP contribution is -2.43. The van der Waals surface area contributed by atoms with Gasteiger partial charge in [0.05, 0.1) is 12.5 Å². The van der Waals surface area contributed by atoms with Crippen LogP contribution in [0.4, 0.5) is 0 Å². The van der Waals surface area contributed by atoms with Gasteiger partial charge in [-0.15, -0.1) is 0 Å². The number of rotatable bonds is 5. The molecule has 2 rings (SSSR count). The van der Waals surface area contributed by atoms with Crippen molar-refractivity contribution < 1.29 is 18.8 Å². The van der Waals surface area contributed by atoms with E-state index >= 15 is 0 Å². The average molecular weight is 264 g/mol. The summed E-state index contributed by atoms with van der Waals surface area (Å²) in [6.07, 6.45) is 4.25. The van der Waals surface area contributed by atoms with Crippen LogP contribution in [0, 0.1) is 0 Å². The van der Waals surface area contributed by atoms with Crippen LogP contribution in [0.1, 0.15) is 25.3 Å². The van der Waals surface area contributed by atoms with Gasteiger partial charge in [0.2, 0.25) is 17.7 Å². The summed E-state index contributed by atoms with van der Waals surface area (Å²) >= 11 is 0. The van der Waals surface area contributed by atoms with Crippen molar-refractivity contribution >= 4 is 17.7 Å². The van der Waals surface area contributed by atoms with E-state index in [4.69, 9.17) is 4.42 Å². The SMILES string of the molecule is C[C@@H](Cc1ccoc1)NC(=O)CN1C(=O)CCC1=O. The van der Waals surface area contributed by atoms with Crippen LogP contribution in [-0.2, 0) is 20.8 Å². The van der Waals surface area contributed by atoms with Gasteiger partial charge in [-0.25, -0.2) is 0 Å². The van der Waals surface area contributed by atoms with Crippen LogP contribution in [0.3, 0.4) is 0 Å². The first-order chi connectivity index (χ1) is 9.06. The van der Waals surface area contributed by atoms with Gasteiger partial charge in [0, 0.05) is 18.9 Å². The number of carbonyl (C=O) groups is 3. The summed E-state index contributed by atoms with van der Waals surface area (Å²) in [5.74, 6) is -0.870. The van der Waals surface area contributed by atoms with Crippen LogP contribution in [0.15, 0.2) is 23.0 Å². The van der Waals surface area contributed by atoms with Gasteiger partial charge in [-0.05, 0) is 25.0 Å². The van der Waals surface area contributed by atoms with E-state index in [9.17, 15) is 14.4 Å². The second kappa shape index (κ2) is 5.69. The number of hydrogen-bond acceptors (Lipinski definition) is 4. The standard InChI is InChI=1S/C13H16N2O4/c1-9(6-10-4-5-19-8-10)14-11(16)7-15-12(17)2-3-13(15)18/h4-5,8-9H,2-3,6-7H2,1H3,(H,14,16)/t9-/m0/s1. The Morgan fingerprint density at radius 3 is 2.68 bits per heavy atom. The Kier molecular flexibility index (Phi) is 3.99. The quantitative estimate of drug-likeness (QED) is 0.784. The van der Waals surface area contributed by atoms with Crippen molar-refractivity contribution in [1.82, 2.24) is 10.2 Å². The minimum atomic E-state index is -0.320. The summed E-state index contributed by atoms with van der Waals surface area (Å²) in [5, 5.41) is 2.76. The first kappa shape index (κ1) is 13.3. The summed E-state index contributed by atoms with van der Waals surface area (Å²) in [4.78, 5) is 35.5. The Morgan fingerprint density at radius 2 is 2.11 bits per heavy atom. The predicted octanol–water partition coefficient (Wildman–Crippen LogP) is 0.476. The van der Waals surface area contributed by atoms with E-state index in [2.05, 4.69) is 5.32 Å². The van der Waals surface area contributed by atoms with Crippen molar-refractivity contribution in [3.63, 3.8) is 0 Å². The topological polar surface area (TPSA) is 79.6 Å². The molecule has 0 aromatic carbocycles. The first-order valence-corrected chi connectivity index (χ1v) is 6.20. The maximum atomic E-state index is 11.7. The second-order valence-corrected chi connectivity index (χ2v) is 4.68. The van der Waals surface area contributed by atoms with Gasteiger partial charge in [0.25, 0.3) is 0 Å². The molecule has 1 aliphatic heterocycles. The van der Waals surface area contributed by atoms with E-state index in [0.29, 0.717) is 6.42 Å². The molecule has 6 nitrogen and oxygen atoms in total. The highest BCUT2D eigenvalue weighted by Crippen LogP contribution is 2.11. The summed E-state index contributed by atoms with van der Waals surface area (Å²) in [7, 11) is 0. The van der Waals surface area contributed by atoms with Gasteiger partial charge < -0.3 is 9.73 Å². The number of nitrogens with one attached hydrogen (secondary N) is 1. The third kappa shape index (κ3) is 3.43. The fourth-order valence-corrected chi connectivity index (χ4v) is 2.08. The van der Waals surface area contributed by atoms with Gasteiger partial charge in [-0.3, -0.25) is 19.3 Å². The molecule has 1 N–H and O–H groups in total. The van der Waals surface area contributed by atoms with Gasteiger partial charge in [-0.1, -0.05) is 0 Å². The molecule has 0 saturated carbocycles. The van der Waals surface area contributed by atoms with E-state index in [1.54, 1.807) is 12.5 Å². The smallest absolute Gasteiger partial charge is 0.240 e. The van der Waals surface area contributed by atoms with Gasteiger partial charge >= 0.3 is 0 Å². The fourth-order valence-electron chi connectivity index (χ4n) is 2.08. The molecular weight excluding hydrogens is 248 g/mol. The Morgan fingerprint density at radius 1 is 1.42 bits per heavy atom. The molecule has 3 amide bonds. The maximum absolute atomic E-state index is 11.7. The molecule has 0 aliphatic carbocycles. The lowest BCUT2D eigenvalue weighted by atomic mass is 10.1. The highest BCUT2D eigenvalue weighted by molar-refractivity contribution is 6.04. The van der Waals surface area contributed by atoms with E-state index in [-0.39, 0.29) is 43.1 Å². The van der Waals surface area contributed by atoms with Crippen LogP contribution in [0.2, 0.25) is 0 Å². The number of amides is 3. The highest BCUT2D eigenvalue weighted by atomic mass is 16.3. The lowest BCUT2D eigenvalue weighted by molar-refractivity contribution is -0.142. The minimum absolute atomic E-state index is 0.0853. The first-order valence-electron chi connectivity index (χ1n) is 6.20. The van der Waals surface area contributed by atoms with Crippen LogP contribution in [0.25, 0.3) is 0 Å². The van der Waals surface area contributed by atoms with E-state index in [1.165, 1.54) is 0 Å². The summed E-state index contributed by atoms with van der Waals surface area (Å²) < 4.78 is 4.95. The Labute approximate surface area is 110 Å². The molecule has 0 bridgehead atoms. The zero-order chi connectivity index (χ0) is 13.8. The second-order valence-electron chi connectivity index (χ2n) is 4.68. The number of imide groups is 1. The molecule has 1 aromatic rings. The highest BCUT2D eigenvalue weighted by Gasteiger charge is 2.30. The van der Waals surface area contributed by atoms with Crippen molar-refractivity contribution in [3.05, 3.63) is 24.2 Å². The van der Waals surface area contributed by atoms with Crippen molar-refractivity contribution in [3.8, 4) is 0 Å². The maximum Gasteiger partial charge on any atom is 0.240 e. The van der Waals surface area contributed by atoms with Crippen molar-refractivity contribution in [2.24, 2.45) is 0 Å². The van der Waals surface area contributed by atoms with Crippen LogP contribution in [-0.4, -0.2) is 35.2 Å². The molecule has 0 radical (unpaired) electrons. The lowest BCUT2D eigenvalue weighted by Gasteiger charge is -2.17. The normalized spacial score (nSPS) is 16.8. The van der Waals surface area contributed by atoms with Crippen LogP contribution < -0.4 is 5.32 Å². The molecule has 6 heteroatoms. The molecule has 0 spiro atoms. The summed E-state index contributed by atoms with van der Waals surface area (Å²) in [5.41, 5.74) is 0.987. The Hall–Kier alpha value is -2.11. The van der Waals surface area contributed by atoms with Gasteiger partial charge in [0.1, 0.15) is 6.54 Å². The van der Waals surface area contributed by atoms with E-state index < -0.39 is 0 Å². The molecule has 1 aliphatic rings. The van der Waals surface area contributed by atoms with Crippen molar-refractivity contribution in [1.29, 1.82) is 0 Å². The number of carbonyl (C=O) groups excluding carboxylic acids is 3. The van der Waals surface area contributed by atoms with Crippen molar-refractivity contribution in [2.75, 3.05) is 6.54 Å². The van der Waals surface area contributed by atoms with Crippen molar-refractivity contribution in [2.45, 2.75) is 32.2 Å². The van der Waals surface area contributed by atoms with Crippen LogP contribution in [0.5, 0.6) is 0 Å². The van der Waals surface area contributed by atoms with Gasteiger partial charge in [-0.2, -0.15) is 0 Å². The molecule has 0 unspecified atom stereocenters. The minimum Gasteiger partial charge on any atom is -0.472 e. The number of furan rings is 1. The molecule has 1 saturated heterocycles. The number of likely N-dealkylation sites (tertiary alicyclic amines) is 1. The fraction of sp³-hybridized carbons (Fsp3) is 0.462. The largest absolute Gasteiger partial charge is 0.472 e. The molecule has 1 atom stereocenters. The number of nitrogens with zero attached hydrogens (tertiary/aromatic N) is 1. The number of hydrogen-bond donors (Lipinski definition) is 1. The molecule has 1 fully saturated rings. The predicted molar refractivity (Wildman–Crippen MR) is 66.0 cm³/mol. The third-order valence-corrected chi connectivity index (χ3v) is 2.99. The molecular formula is C13H16N2O4. The van der Waals surface area contributed by atoms with E-state index in [0.717, 1.165) is 10.5 Å².